The van der Waals surface area contributed by atoms with Gasteiger partial charge in [-0.2, -0.15) is 4.31 Å². The molecule has 0 spiro atoms. The van der Waals surface area contributed by atoms with Crippen LogP contribution in [0.2, 0.25) is 0 Å². The number of rotatable bonds is 4. The van der Waals surface area contributed by atoms with Crippen LogP contribution in [-0.4, -0.2) is 50.9 Å². The molecule has 1 saturated heterocycles. The molecule has 0 bridgehead atoms. The molecule has 1 amide bonds. The molecule has 6 nitrogen and oxygen atoms in total. The number of para-hydroxylation sites is 1. The molecule has 158 valence electrons. The number of sulfonamides is 1. The van der Waals surface area contributed by atoms with E-state index in [1.807, 2.05) is 36.1 Å². The number of hydrogen-bond acceptors (Lipinski definition) is 4. The van der Waals surface area contributed by atoms with Gasteiger partial charge in [-0.25, -0.2) is 8.42 Å². The lowest BCUT2D eigenvalue weighted by Gasteiger charge is -2.35. The normalized spacial score (nSPS) is 22.2. The topological polar surface area (TPSA) is 60.9 Å². The third-order valence-electron chi connectivity index (χ3n) is 6.43. The van der Waals surface area contributed by atoms with Gasteiger partial charge in [0, 0.05) is 49.5 Å². The smallest absolute Gasteiger partial charge is 0.243 e. The monoisotopic (exact) mass is 425 g/mol. The van der Waals surface area contributed by atoms with Crippen LogP contribution in [0.5, 0.6) is 0 Å². The Balaban J connectivity index is 1.33. The van der Waals surface area contributed by atoms with E-state index in [0.29, 0.717) is 37.5 Å². The number of benzene rings is 2. The molecule has 0 unspecified atom stereocenters. The molecule has 1 saturated carbocycles. The fourth-order valence-corrected chi connectivity index (χ4v) is 6.08. The van der Waals surface area contributed by atoms with E-state index < -0.39 is 10.0 Å². The summed E-state index contributed by atoms with van der Waals surface area (Å²) in [4.78, 5) is 17.1. The number of anilines is 2. The quantitative estimate of drug-likeness (QED) is 0.756. The van der Waals surface area contributed by atoms with E-state index in [9.17, 15) is 13.2 Å². The second-order valence-electron chi connectivity index (χ2n) is 8.55. The van der Waals surface area contributed by atoms with Gasteiger partial charge in [0.2, 0.25) is 15.9 Å². The lowest BCUT2D eigenvalue weighted by Crippen LogP contribution is -2.48. The Labute approximate surface area is 178 Å². The highest BCUT2D eigenvalue weighted by atomic mass is 32.2. The Hall–Kier alpha value is -2.38. The highest BCUT2D eigenvalue weighted by Gasteiger charge is 2.40. The van der Waals surface area contributed by atoms with Gasteiger partial charge in [-0.1, -0.05) is 18.2 Å². The molecule has 2 aromatic rings. The highest BCUT2D eigenvalue weighted by Crippen LogP contribution is 2.39. The second-order valence-corrected chi connectivity index (χ2v) is 10.5. The van der Waals surface area contributed by atoms with Crippen LogP contribution in [0.4, 0.5) is 11.4 Å². The number of carbonyl (C=O) groups excluding carboxylic acids is 1. The molecule has 2 fully saturated rings. The van der Waals surface area contributed by atoms with Crippen molar-refractivity contribution in [3.8, 4) is 0 Å². The zero-order valence-corrected chi connectivity index (χ0v) is 18.0. The van der Waals surface area contributed by atoms with Crippen LogP contribution >= 0.6 is 0 Å². The Bertz CT molecular complexity index is 1060. The summed E-state index contributed by atoms with van der Waals surface area (Å²) in [6, 6.07) is 15.5. The SMILES string of the molecule is C[C@H]1Cc2cc(S(=O)(=O)N3CCN(c4ccccc4)CC3)ccc2N1C(=O)C1CC1. The number of hydrogen-bond donors (Lipinski definition) is 0. The lowest BCUT2D eigenvalue weighted by molar-refractivity contribution is -0.120. The molecule has 5 rings (SSSR count). The van der Waals surface area contributed by atoms with E-state index >= 15 is 0 Å². The van der Waals surface area contributed by atoms with Crippen LogP contribution in [0.1, 0.15) is 25.3 Å². The zero-order chi connectivity index (χ0) is 20.9. The lowest BCUT2D eigenvalue weighted by atomic mass is 10.1. The average Bonchev–Trinajstić information content (AvgIpc) is 3.56. The fraction of sp³-hybridized carbons (Fsp3) is 0.435. The van der Waals surface area contributed by atoms with Crippen molar-refractivity contribution in [2.45, 2.75) is 37.1 Å². The van der Waals surface area contributed by atoms with Gasteiger partial charge in [0.05, 0.1) is 4.90 Å². The van der Waals surface area contributed by atoms with Gasteiger partial charge < -0.3 is 9.80 Å². The van der Waals surface area contributed by atoms with Crippen LogP contribution in [0, 0.1) is 5.92 Å². The van der Waals surface area contributed by atoms with Crippen molar-refractivity contribution in [3.63, 3.8) is 0 Å². The van der Waals surface area contributed by atoms with E-state index in [1.165, 1.54) is 0 Å². The number of piperazine rings is 1. The molecule has 0 N–H and O–H groups in total. The summed E-state index contributed by atoms with van der Waals surface area (Å²) in [6.07, 6.45) is 2.65. The summed E-state index contributed by atoms with van der Waals surface area (Å²) in [5.41, 5.74) is 2.97. The molecule has 7 heteroatoms. The zero-order valence-electron chi connectivity index (χ0n) is 17.2. The Morgan fingerprint density at radius 1 is 0.967 bits per heavy atom. The molecule has 3 aliphatic rings. The van der Waals surface area contributed by atoms with Gasteiger partial charge in [0.25, 0.3) is 0 Å². The van der Waals surface area contributed by atoms with Crippen LogP contribution in [0.15, 0.2) is 53.4 Å². The number of carbonyl (C=O) groups is 1. The maximum absolute atomic E-state index is 13.3. The van der Waals surface area contributed by atoms with Gasteiger partial charge >= 0.3 is 0 Å². The van der Waals surface area contributed by atoms with Crippen molar-refractivity contribution in [2.75, 3.05) is 36.0 Å². The first-order chi connectivity index (χ1) is 14.4. The number of amides is 1. The van der Waals surface area contributed by atoms with E-state index in [4.69, 9.17) is 0 Å². The van der Waals surface area contributed by atoms with Crippen molar-refractivity contribution in [3.05, 3.63) is 54.1 Å². The van der Waals surface area contributed by atoms with Gasteiger partial charge in [-0.3, -0.25) is 4.79 Å². The highest BCUT2D eigenvalue weighted by molar-refractivity contribution is 7.89. The maximum atomic E-state index is 13.3. The van der Waals surface area contributed by atoms with Crippen LogP contribution in [0.3, 0.4) is 0 Å². The number of nitrogens with zero attached hydrogens (tertiary/aromatic N) is 3. The second kappa shape index (κ2) is 7.39. The van der Waals surface area contributed by atoms with Crippen LogP contribution in [0.25, 0.3) is 0 Å². The Morgan fingerprint density at radius 3 is 2.33 bits per heavy atom. The summed E-state index contributed by atoms with van der Waals surface area (Å²) in [7, 11) is -3.55. The number of fused-ring (bicyclic) bond motifs is 1. The predicted molar refractivity (Wildman–Crippen MR) is 117 cm³/mol. The minimum atomic E-state index is -3.55. The third kappa shape index (κ3) is 3.40. The first-order valence-electron chi connectivity index (χ1n) is 10.7. The largest absolute Gasteiger partial charge is 0.369 e. The van der Waals surface area contributed by atoms with E-state index in [-0.39, 0.29) is 17.9 Å². The van der Waals surface area contributed by atoms with Gasteiger partial charge in [0.15, 0.2) is 0 Å². The van der Waals surface area contributed by atoms with E-state index in [2.05, 4.69) is 17.0 Å². The molecule has 2 aromatic carbocycles. The third-order valence-corrected chi connectivity index (χ3v) is 8.32. The minimum absolute atomic E-state index is 0.0838. The summed E-state index contributed by atoms with van der Waals surface area (Å²) < 4.78 is 28.1. The van der Waals surface area contributed by atoms with Crippen molar-refractivity contribution < 1.29 is 13.2 Å². The molecule has 2 heterocycles. The van der Waals surface area contributed by atoms with E-state index in [1.54, 1.807) is 16.4 Å². The average molecular weight is 426 g/mol. The molecule has 0 aromatic heterocycles. The van der Waals surface area contributed by atoms with Crippen molar-refractivity contribution in [2.24, 2.45) is 5.92 Å². The molecule has 0 radical (unpaired) electrons. The first-order valence-corrected chi connectivity index (χ1v) is 12.2. The van der Waals surface area contributed by atoms with Crippen molar-refractivity contribution in [1.29, 1.82) is 0 Å². The summed E-state index contributed by atoms with van der Waals surface area (Å²) in [5, 5.41) is 0. The Kier molecular flexibility index (Phi) is 4.82. The standard InChI is InChI=1S/C23H27N3O3S/c1-17-15-19-16-21(9-10-22(19)26(17)23(27)18-7-8-18)30(28,29)25-13-11-24(12-14-25)20-5-3-2-4-6-20/h2-6,9-10,16-18H,7-8,11-15H2,1H3/t17-/m0/s1. The summed E-state index contributed by atoms with van der Waals surface area (Å²) in [6.45, 7) is 4.33. The minimum Gasteiger partial charge on any atom is -0.369 e. The molecule has 1 atom stereocenters. The molecular weight excluding hydrogens is 398 g/mol. The van der Waals surface area contributed by atoms with Crippen molar-refractivity contribution in [1.82, 2.24) is 4.31 Å². The van der Waals surface area contributed by atoms with Gasteiger partial charge in [-0.05, 0) is 62.1 Å². The summed E-state index contributed by atoms with van der Waals surface area (Å²) in [5.74, 6) is 0.344. The van der Waals surface area contributed by atoms with Crippen molar-refractivity contribution >= 4 is 27.3 Å². The van der Waals surface area contributed by atoms with Crippen LogP contribution in [-0.2, 0) is 21.2 Å². The molecule has 30 heavy (non-hydrogen) atoms. The molecule has 2 aliphatic heterocycles. The van der Waals surface area contributed by atoms with Gasteiger partial charge in [-0.15, -0.1) is 0 Å². The van der Waals surface area contributed by atoms with E-state index in [0.717, 1.165) is 29.8 Å². The molecule has 1 aliphatic carbocycles. The first kappa shape index (κ1) is 19.6. The Morgan fingerprint density at radius 2 is 1.67 bits per heavy atom. The predicted octanol–water partition coefficient (Wildman–Crippen LogP) is 2.89. The summed E-state index contributed by atoms with van der Waals surface area (Å²) >= 11 is 0. The maximum Gasteiger partial charge on any atom is 0.243 e. The fourth-order valence-electron chi connectivity index (χ4n) is 4.61. The van der Waals surface area contributed by atoms with Crippen LogP contribution < -0.4 is 9.80 Å². The molecular formula is C23H27N3O3S. The van der Waals surface area contributed by atoms with Gasteiger partial charge in [0.1, 0.15) is 0 Å².